The number of hydrogen-bond donors (Lipinski definition) is 1. The number of benzene rings is 1. The molecule has 1 aromatic heterocycles. The Bertz CT molecular complexity index is 577. The standard InChI is InChI=1S/C18H23N3O/c1-15-5-7-16(8-6-15)17(22)14-20-10-12-21(13-11-20)18-4-2-3-9-19-18/h2-9,17,22H,10-14H2,1H3/t17-/m1/s1. The second kappa shape index (κ2) is 6.90. The minimum Gasteiger partial charge on any atom is -0.387 e. The van der Waals surface area contributed by atoms with Crippen molar-refractivity contribution in [2.45, 2.75) is 13.0 Å². The molecule has 2 aromatic rings. The molecule has 22 heavy (non-hydrogen) atoms. The first-order valence-electron chi connectivity index (χ1n) is 7.85. The van der Waals surface area contributed by atoms with E-state index in [1.54, 1.807) is 0 Å². The number of aliphatic hydroxyl groups excluding tert-OH is 1. The number of β-amino-alcohol motifs (C(OH)–C–C–N with tert-alkyl or cyclic N) is 1. The van der Waals surface area contributed by atoms with E-state index in [4.69, 9.17) is 0 Å². The summed E-state index contributed by atoms with van der Waals surface area (Å²) >= 11 is 0. The fourth-order valence-electron chi connectivity index (χ4n) is 2.84. The summed E-state index contributed by atoms with van der Waals surface area (Å²) in [6.07, 6.45) is 1.42. The number of piperazine rings is 1. The predicted octanol–water partition coefficient (Wildman–Crippen LogP) is 2.25. The van der Waals surface area contributed by atoms with Gasteiger partial charge in [0.2, 0.25) is 0 Å². The van der Waals surface area contributed by atoms with Crippen LogP contribution in [-0.2, 0) is 0 Å². The SMILES string of the molecule is Cc1ccc([C@H](O)CN2CCN(c3ccccn3)CC2)cc1. The average Bonchev–Trinajstić information content (AvgIpc) is 2.57. The van der Waals surface area contributed by atoms with Gasteiger partial charge in [0.15, 0.2) is 0 Å². The molecule has 3 rings (SSSR count). The van der Waals surface area contributed by atoms with Gasteiger partial charge in [-0.25, -0.2) is 4.98 Å². The number of anilines is 1. The molecule has 4 heteroatoms. The van der Waals surface area contributed by atoms with Crippen molar-refractivity contribution in [1.82, 2.24) is 9.88 Å². The van der Waals surface area contributed by atoms with E-state index in [2.05, 4.69) is 39.9 Å². The van der Waals surface area contributed by atoms with E-state index in [-0.39, 0.29) is 0 Å². The Morgan fingerprint density at radius 2 is 1.77 bits per heavy atom. The van der Waals surface area contributed by atoms with Gasteiger partial charge in [-0.2, -0.15) is 0 Å². The fourth-order valence-corrected chi connectivity index (χ4v) is 2.84. The van der Waals surface area contributed by atoms with Gasteiger partial charge in [0, 0.05) is 38.9 Å². The number of pyridine rings is 1. The summed E-state index contributed by atoms with van der Waals surface area (Å²) in [5, 5.41) is 10.4. The molecule has 0 aliphatic carbocycles. The lowest BCUT2D eigenvalue weighted by Gasteiger charge is -2.36. The van der Waals surface area contributed by atoms with Crippen LogP contribution < -0.4 is 4.90 Å². The topological polar surface area (TPSA) is 39.6 Å². The van der Waals surface area contributed by atoms with Gasteiger partial charge in [0.05, 0.1) is 6.10 Å². The molecule has 1 fully saturated rings. The van der Waals surface area contributed by atoms with E-state index in [1.165, 1.54) is 5.56 Å². The van der Waals surface area contributed by atoms with Crippen LogP contribution >= 0.6 is 0 Å². The van der Waals surface area contributed by atoms with Crippen LogP contribution in [0.2, 0.25) is 0 Å². The van der Waals surface area contributed by atoms with Gasteiger partial charge in [0.25, 0.3) is 0 Å². The van der Waals surface area contributed by atoms with Crippen molar-refractivity contribution < 1.29 is 5.11 Å². The first kappa shape index (κ1) is 15.0. The number of aliphatic hydroxyl groups is 1. The zero-order valence-corrected chi connectivity index (χ0v) is 13.0. The Kier molecular flexibility index (Phi) is 4.71. The maximum absolute atomic E-state index is 10.4. The zero-order chi connectivity index (χ0) is 15.4. The van der Waals surface area contributed by atoms with Crippen molar-refractivity contribution in [3.8, 4) is 0 Å². The quantitative estimate of drug-likeness (QED) is 0.939. The minimum absolute atomic E-state index is 0.415. The molecular formula is C18H23N3O. The molecule has 2 heterocycles. The normalized spacial score (nSPS) is 17.5. The van der Waals surface area contributed by atoms with Gasteiger partial charge in [0.1, 0.15) is 5.82 Å². The van der Waals surface area contributed by atoms with E-state index >= 15 is 0 Å². The van der Waals surface area contributed by atoms with Crippen molar-refractivity contribution in [2.75, 3.05) is 37.6 Å². The molecule has 1 atom stereocenters. The van der Waals surface area contributed by atoms with E-state index in [1.807, 2.05) is 30.5 Å². The summed E-state index contributed by atoms with van der Waals surface area (Å²) in [6.45, 7) is 6.58. The number of nitrogens with zero attached hydrogens (tertiary/aromatic N) is 3. The highest BCUT2D eigenvalue weighted by atomic mass is 16.3. The number of hydrogen-bond acceptors (Lipinski definition) is 4. The average molecular weight is 297 g/mol. The first-order chi connectivity index (χ1) is 10.7. The maximum atomic E-state index is 10.4. The Morgan fingerprint density at radius 1 is 1.05 bits per heavy atom. The first-order valence-corrected chi connectivity index (χ1v) is 7.85. The molecule has 0 amide bonds. The molecule has 1 aliphatic rings. The highest BCUT2D eigenvalue weighted by molar-refractivity contribution is 5.38. The molecule has 116 valence electrons. The third-order valence-corrected chi connectivity index (χ3v) is 4.24. The van der Waals surface area contributed by atoms with Gasteiger partial charge < -0.3 is 10.0 Å². The van der Waals surface area contributed by atoms with Crippen molar-refractivity contribution in [3.05, 3.63) is 59.8 Å². The Labute approximate surface area is 132 Å². The van der Waals surface area contributed by atoms with E-state index in [0.717, 1.165) is 37.6 Å². The molecule has 0 radical (unpaired) electrons. The molecule has 1 aromatic carbocycles. The van der Waals surface area contributed by atoms with Crippen LogP contribution in [0.25, 0.3) is 0 Å². The van der Waals surface area contributed by atoms with Gasteiger partial charge in [-0.05, 0) is 24.6 Å². The highest BCUT2D eigenvalue weighted by Gasteiger charge is 2.20. The van der Waals surface area contributed by atoms with E-state index < -0.39 is 6.10 Å². The van der Waals surface area contributed by atoms with Crippen molar-refractivity contribution in [2.24, 2.45) is 0 Å². The Morgan fingerprint density at radius 3 is 2.41 bits per heavy atom. The van der Waals surface area contributed by atoms with Gasteiger partial charge >= 0.3 is 0 Å². The molecular weight excluding hydrogens is 274 g/mol. The smallest absolute Gasteiger partial charge is 0.128 e. The van der Waals surface area contributed by atoms with Crippen molar-refractivity contribution >= 4 is 5.82 Å². The lowest BCUT2D eigenvalue weighted by molar-refractivity contribution is 0.109. The Balaban J connectivity index is 1.52. The summed E-state index contributed by atoms with van der Waals surface area (Å²) in [7, 11) is 0. The molecule has 1 saturated heterocycles. The molecule has 0 saturated carbocycles. The largest absolute Gasteiger partial charge is 0.387 e. The van der Waals surface area contributed by atoms with Crippen molar-refractivity contribution in [3.63, 3.8) is 0 Å². The monoisotopic (exact) mass is 297 g/mol. The van der Waals surface area contributed by atoms with Crippen LogP contribution in [-0.4, -0.2) is 47.7 Å². The lowest BCUT2D eigenvalue weighted by Crippen LogP contribution is -2.47. The zero-order valence-electron chi connectivity index (χ0n) is 13.0. The van der Waals surface area contributed by atoms with Crippen LogP contribution in [0.15, 0.2) is 48.7 Å². The molecule has 1 N–H and O–H groups in total. The molecule has 0 unspecified atom stereocenters. The Hall–Kier alpha value is -1.91. The van der Waals surface area contributed by atoms with E-state index in [0.29, 0.717) is 6.54 Å². The van der Waals surface area contributed by atoms with Crippen LogP contribution in [0.3, 0.4) is 0 Å². The summed E-state index contributed by atoms with van der Waals surface area (Å²) in [6, 6.07) is 14.2. The van der Waals surface area contributed by atoms with Crippen LogP contribution in [0, 0.1) is 6.92 Å². The number of aromatic nitrogens is 1. The fraction of sp³-hybridized carbons (Fsp3) is 0.389. The number of rotatable bonds is 4. The third kappa shape index (κ3) is 3.64. The summed E-state index contributed by atoms with van der Waals surface area (Å²) in [5.41, 5.74) is 2.22. The van der Waals surface area contributed by atoms with Gasteiger partial charge in [-0.1, -0.05) is 35.9 Å². The third-order valence-electron chi connectivity index (χ3n) is 4.24. The van der Waals surface area contributed by atoms with Crippen molar-refractivity contribution in [1.29, 1.82) is 0 Å². The molecule has 1 aliphatic heterocycles. The van der Waals surface area contributed by atoms with Gasteiger partial charge in [-0.3, -0.25) is 4.90 Å². The van der Waals surface area contributed by atoms with Crippen LogP contribution in [0.1, 0.15) is 17.2 Å². The summed E-state index contributed by atoms with van der Waals surface area (Å²) in [5.74, 6) is 1.04. The highest BCUT2D eigenvalue weighted by Crippen LogP contribution is 2.17. The van der Waals surface area contributed by atoms with Crippen LogP contribution in [0.4, 0.5) is 5.82 Å². The molecule has 0 bridgehead atoms. The van der Waals surface area contributed by atoms with Gasteiger partial charge in [-0.15, -0.1) is 0 Å². The van der Waals surface area contributed by atoms with E-state index in [9.17, 15) is 5.11 Å². The second-order valence-electron chi connectivity index (χ2n) is 5.90. The number of aryl methyl sites for hydroxylation is 1. The molecule has 0 spiro atoms. The van der Waals surface area contributed by atoms with Crippen LogP contribution in [0.5, 0.6) is 0 Å². The summed E-state index contributed by atoms with van der Waals surface area (Å²) < 4.78 is 0. The predicted molar refractivity (Wildman–Crippen MR) is 89.0 cm³/mol. The maximum Gasteiger partial charge on any atom is 0.128 e. The lowest BCUT2D eigenvalue weighted by atomic mass is 10.1. The minimum atomic E-state index is -0.415. The second-order valence-corrected chi connectivity index (χ2v) is 5.90. The summed E-state index contributed by atoms with van der Waals surface area (Å²) in [4.78, 5) is 9.03. The molecule has 4 nitrogen and oxygen atoms in total.